The van der Waals surface area contributed by atoms with Crippen LogP contribution in [0.4, 0.5) is 0 Å². The van der Waals surface area contributed by atoms with Crippen molar-refractivity contribution in [1.29, 1.82) is 0 Å². The molecule has 2 heterocycles. The van der Waals surface area contributed by atoms with E-state index in [1.165, 1.54) is 0 Å². The number of carbonyl (C=O) groups excluding carboxylic acids is 1. The first kappa shape index (κ1) is 22.4. The molecule has 0 atom stereocenters. The Kier molecular flexibility index (Phi) is 6.63. The Morgan fingerprint density at radius 2 is 1.76 bits per heavy atom. The van der Waals surface area contributed by atoms with Crippen LogP contribution in [0.25, 0.3) is 11.8 Å². The van der Waals surface area contributed by atoms with Crippen LogP contribution in [0.2, 0.25) is 0 Å². The highest BCUT2D eigenvalue weighted by Gasteiger charge is 2.27. The number of aryl methyl sites for hydroxylation is 1. The van der Waals surface area contributed by atoms with E-state index in [2.05, 4.69) is 10.2 Å². The van der Waals surface area contributed by atoms with Crippen LogP contribution in [-0.2, 0) is 4.79 Å². The third-order valence-corrected chi connectivity index (χ3v) is 5.99. The third-order valence-electron chi connectivity index (χ3n) is 5.99. The maximum Gasteiger partial charge on any atom is 0.347 e. The maximum absolute atomic E-state index is 12.7. The van der Waals surface area contributed by atoms with Crippen LogP contribution in [0.3, 0.4) is 0 Å². The first-order chi connectivity index (χ1) is 16.0. The van der Waals surface area contributed by atoms with Gasteiger partial charge in [-0.25, -0.2) is 14.5 Å². The lowest BCUT2D eigenvalue weighted by atomic mass is 9.95. The fourth-order valence-electron chi connectivity index (χ4n) is 4.11. The van der Waals surface area contributed by atoms with E-state index in [4.69, 9.17) is 9.47 Å². The molecular weight excluding hydrogens is 420 g/mol. The van der Waals surface area contributed by atoms with Crippen molar-refractivity contribution >= 4 is 12.0 Å². The van der Waals surface area contributed by atoms with Crippen molar-refractivity contribution < 1.29 is 14.3 Å². The summed E-state index contributed by atoms with van der Waals surface area (Å²) in [6.45, 7) is 3.22. The van der Waals surface area contributed by atoms with Gasteiger partial charge in [0.2, 0.25) is 5.91 Å². The first-order valence-electron chi connectivity index (χ1n) is 10.9. The quantitative estimate of drug-likeness (QED) is 0.585. The molecule has 0 radical (unpaired) electrons. The van der Waals surface area contributed by atoms with Gasteiger partial charge in [-0.05, 0) is 55.7 Å². The van der Waals surface area contributed by atoms with Crippen molar-refractivity contribution in [2.24, 2.45) is 0 Å². The standard InChI is InChI=1S/C25H28N4O4/c1-17-4-8-20(9-5-17)29-24(26-27-25(29)31)19-12-14-28(15-13-19)23(30)11-7-18-6-10-21(32-2)22(16-18)33-3/h4-11,16,19H,12-15H2,1-3H3,(H,27,31). The Morgan fingerprint density at radius 3 is 2.42 bits per heavy atom. The van der Waals surface area contributed by atoms with Crippen LogP contribution in [-0.4, -0.2) is 52.9 Å². The van der Waals surface area contributed by atoms with Gasteiger partial charge < -0.3 is 14.4 Å². The van der Waals surface area contributed by atoms with E-state index in [0.29, 0.717) is 24.6 Å². The summed E-state index contributed by atoms with van der Waals surface area (Å²) < 4.78 is 12.2. The number of aromatic nitrogens is 3. The number of hydrogen-bond acceptors (Lipinski definition) is 5. The predicted molar refractivity (Wildman–Crippen MR) is 126 cm³/mol. The highest BCUT2D eigenvalue weighted by Crippen LogP contribution is 2.29. The number of H-pyrrole nitrogens is 1. The molecule has 3 aromatic rings. The average Bonchev–Trinajstić information content (AvgIpc) is 3.24. The average molecular weight is 449 g/mol. The zero-order valence-corrected chi connectivity index (χ0v) is 19.1. The Balaban J connectivity index is 1.41. The van der Waals surface area contributed by atoms with Gasteiger partial charge >= 0.3 is 5.69 Å². The molecule has 4 rings (SSSR count). The molecule has 0 bridgehead atoms. The first-order valence-corrected chi connectivity index (χ1v) is 10.9. The van der Waals surface area contributed by atoms with Crippen LogP contribution < -0.4 is 15.2 Å². The van der Waals surface area contributed by atoms with E-state index in [1.807, 2.05) is 54.3 Å². The number of hydrogen-bond donors (Lipinski definition) is 1. The number of benzene rings is 2. The van der Waals surface area contributed by atoms with E-state index < -0.39 is 0 Å². The number of methoxy groups -OCH3 is 2. The van der Waals surface area contributed by atoms with Crippen LogP contribution >= 0.6 is 0 Å². The summed E-state index contributed by atoms with van der Waals surface area (Å²) in [5, 5.41) is 6.88. The van der Waals surface area contributed by atoms with E-state index in [0.717, 1.165) is 35.5 Å². The number of ether oxygens (including phenoxy) is 2. The minimum absolute atomic E-state index is 0.0406. The topological polar surface area (TPSA) is 89.5 Å². The van der Waals surface area contributed by atoms with Gasteiger partial charge in [-0.2, -0.15) is 5.10 Å². The molecule has 0 spiro atoms. The van der Waals surface area contributed by atoms with Crippen LogP contribution in [0.1, 0.15) is 35.7 Å². The fraction of sp³-hybridized carbons (Fsp3) is 0.320. The van der Waals surface area contributed by atoms with Crippen molar-refractivity contribution in [3.05, 3.63) is 76.0 Å². The Bertz CT molecular complexity index is 1200. The molecule has 172 valence electrons. The number of rotatable bonds is 6. The summed E-state index contributed by atoms with van der Waals surface area (Å²) in [6.07, 6.45) is 4.84. The Hall–Kier alpha value is -3.81. The van der Waals surface area contributed by atoms with Gasteiger partial charge in [0.25, 0.3) is 0 Å². The molecule has 1 amide bonds. The van der Waals surface area contributed by atoms with Gasteiger partial charge in [0, 0.05) is 25.1 Å². The van der Waals surface area contributed by atoms with Gasteiger partial charge in [-0.15, -0.1) is 0 Å². The summed E-state index contributed by atoms with van der Waals surface area (Å²) in [7, 11) is 3.17. The number of nitrogens with zero attached hydrogens (tertiary/aromatic N) is 3. The number of carbonyl (C=O) groups is 1. The van der Waals surface area contributed by atoms with Crippen LogP contribution in [0.15, 0.2) is 53.3 Å². The minimum atomic E-state index is -0.245. The molecule has 1 saturated heterocycles. The lowest BCUT2D eigenvalue weighted by Crippen LogP contribution is -2.37. The summed E-state index contributed by atoms with van der Waals surface area (Å²) in [5.41, 5.74) is 2.54. The molecule has 1 fully saturated rings. The van der Waals surface area contributed by atoms with Gasteiger partial charge in [0.05, 0.1) is 19.9 Å². The second-order valence-corrected chi connectivity index (χ2v) is 8.11. The number of likely N-dealkylation sites (tertiary alicyclic amines) is 1. The molecule has 8 heteroatoms. The van der Waals surface area contributed by atoms with E-state index in [9.17, 15) is 9.59 Å². The fourth-order valence-corrected chi connectivity index (χ4v) is 4.11. The highest BCUT2D eigenvalue weighted by molar-refractivity contribution is 5.92. The zero-order chi connectivity index (χ0) is 23.4. The summed E-state index contributed by atoms with van der Waals surface area (Å²) >= 11 is 0. The molecule has 2 aromatic carbocycles. The lowest BCUT2D eigenvalue weighted by molar-refractivity contribution is -0.127. The van der Waals surface area contributed by atoms with Gasteiger partial charge in [-0.1, -0.05) is 23.8 Å². The molecular formula is C25H28N4O4. The Morgan fingerprint density at radius 1 is 1.06 bits per heavy atom. The van der Waals surface area contributed by atoms with Crippen LogP contribution in [0, 0.1) is 6.92 Å². The molecule has 1 N–H and O–H groups in total. The normalized spacial score (nSPS) is 14.6. The third kappa shape index (κ3) is 4.84. The van der Waals surface area contributed by atoms with Crippen molar-refractivity contribution in [3.8, 4) is 17.2 Å². The summed E-state index contributed by atoms with van der Waals surface area (Å²) in [5.74, 6) is 2.04. The minimum Gasteiger partial charge on any atom is -0.493 e. The molecule has 1 aromatic heterocycles. The molecule has 1 aliphatic rings. The highest BCUT2D eigenvalue weighted by atomic mass is 16.5. The van der Waals surface area contributed by atoms with Gasteiger partial charge in [-0.3, -0.25) is 4.79 Å². The molecule has 0 aliphatic carbocycles. The molecule has 0 unspecified atom stereocenters. The lowest BCUT2D eigenvalue weighted by Gasteiger charge is -2.31. The van der Waals surface area contributed by atoms with Crippen molar-refractivity contribution in [2.45, 2.75) is 25.7 Å². The maximum atomic E-state index is 12.7. The van der Waals surface area contributed by atoms with Crippen molar-refractivity contribution in [2.75, 3.05) is 27.3 Å². The second kappa shape index (κ2) is 9.77. The SMILES string of the molecule is COc1ccc(C=CC(=O)N2CCC(c3n[nH]c(=O)n3-c3ccc(C)cc3)CC2)cc1OC. The molecule has 0 saturated carbocycles. The van der Waals surface area contributed by atoms with E-state index in [1.54, 1.807) is 30.9 Å². The second-order valence-electron chi connectivity index (χ2n) is 8.11. The predicted octanol–water partition coefficient (Wildman–Crippen LogP) is 3.31. The molecule has 8 nitrogen and oxygen atoms in total. The monoisotopic (exact) mass is 448 g/mol. The summed E-state index contributed by atoms with van der Waals surface area (Å²) in [4.78, 5) is 27.0. The Labute approximate surface area is 192 Å². The number of aromatic amines is 1. The van der Waals surface area contributed by atoms with E-state index >= 15 is 0 Å². The number of piperidine rings is 1. The summed E-state index contributed by atoms with van der Waals surface area (Å²) in [6, 6.07) is 13.3. The van der Waals surface area contributed by atoms with Crippen molar-refractivity contribution in [1.82, 2.24) is 19.7 Å². The number of amides is 1. The van der Waals surface area contributed by atoms with Crippen LogP contribution in [0.5, 0.6) is 11.5 Å². The zero-order valence-electron chi connectivity index (χ0n) is 19.1. The molecule has 33 heavy (non-hydrogen) atoms. The molecule has 1 aliphatic heterocycles. The van der Waals surface area contributed by atoms with E-state index in [-0.39, 0.29) is 17.5 Å². The van der Waals surface area contributed by atoms with Gasteiger partial charge in [0.1, 0.15) is 5.82 Å². The van der Waals surface area contributed by atoms with Crippen molar-refractivity contribution in [3.63, 3.8) is 0 Å². The number of nitrogens with one attached hydrogen (secondary N) is 1. The smallest absolute Gasteiger partial charge is 0.347 e. The largest absolute Gasteiger partial charge is 0.493 e. The van der Waals surface area contributed by atoms with Gasteiger partial charge in [0.15, 0.2) is 11.5 Å².